The van der Waals surface area contributed by atoms with E-state index >= 15 is 0 Å². The Morgan fingerprint density at radius 2 is 1.81 bits per heavy atom. The summed E-state index contributed by atoms with van der Waals surface area (Å²) in [5, 5.41) is 0. The SMILES string of the molecule is CCCC(C)(N)C(=O)N1CCCC(N2CCCC2)CC1.Cl. The Morgan fingerprint density at radius 1 is 1.14 bits per heavy atom. The highest BCUT2D eigenvalue weighted by Crippen LogP contribution is 2.23. The topological polar surface area (TPSA) is 49.6 Å². The molecule has 2 heterocycles. The maximum absolute atomic E-state index is 12.6. The Bertz CT molecular complexity index is 329. The van der Waals surface area contributed by atoms with Crippen molar-refractivity contribution in [3.05, 3.63) is 0 Å². The van der Waals surface area contributed by atoms with Gasteiger partial charge in [0.25, 0.3) is 0 Å². The summed E-state index contributed by atoms with van der Waals surface area (Å²) in [5.74, 6) is 0.154. The maximum Gasteiger partial charge on any atom is 0.242 e. The molecule has 0 aromatic carbocycles. The highest BCUT2D eigenvalue weighted by atomic mass is 35.5. The van der Waals surface area contributed by atoms with E-state index in [1.807, 2.05) is 11.8 Å². The van der Waals surface area contributed by atoms with E-state index in [4.69, 9.17) is 5.73 Å². The Kier molecular flexibility index (Phi) is 7.45. The Hall–Kier alpha value is -0.320. The van der Waals surface area contributed by atoms with Crippen molar-refractivity contribution in [2.24, 2.45) is 5.73 Å². The van der Waals surface area contributed by atoms with Crippen molar-refractivity contribution in [3.63, 3.8) is 0 Å². The third kappa shape index (κ3) is 4.83. The normalized spacial score (nSPS) is 26.8. The molecule has 1 amide bonds. The number of carbonyl (C=O) groups is 1. The zero-order chi connectivity index (χ0) is 14.6. The average molecular weight is 318 g/mol. The van der Waals surface area contributed by atoms with Crippen LogP contribution in [0.4, 0.5) is 0 Å². The van der Waals surface area contributed by atoms with E-state index in [1.165, 1.54) is 32.4 Å². The number of likely N-dealkylation sites (tertiary alicyclic amines) is 2. The van der Waals surface area contributed by atoms with Crippen LogP contribution in [0.15, 0.2) is 0 Å². The highest BCUT2D eigenvalue weighted by Gasteiger charge is 2.33. The third-order valence-corrected chi connectivity index (χ3v) is 4.90. The second-order valence-electron chi connectivity index (χ2n) is 6.79. The molecule has 2 aliphatic heterocycles. The van der Waals surface area contributed by atoms with Gasteiger partial charge in [-0.05, 0) is 58.5 Å². The summed E-state index contributed by atoms with van der Waals surface area (Å²) in [4.78, 5) is 17.2. The van der Waals surface area contributed by atoms with Crippen LogP contribution in [0, 0.1) is 0 Å². The molecule has 0 aliphatic carbocycles. The summed E-state index contributed by atoms with van der Waals surface area (Å²) in [6.07, 6.45) is 7.90. The lowest BCUT2D eigenvalue weighted by Crippen LogP contribution is -2.53. The molecular formula is C16H32ClN3O. The number of hydrogen-bond donors (Lipinski definition) is 1. The van der Waals surface area contributed by atoms with Gasteiger partial charge in [0, 0.05) is 19.1 Å². The summed E-state index contributed by atoms with van der Waals surface area (Å²) < 4.78 is 0. The van der Waals surface area contributed by atoms with E-state index in [0.717, 1.165) is 38.8 Å². The van der Waals surface area contributed by atoms with Crippen LogP contribution in [-0.2, 0) is 4.79 Å². The molecule has 0 spiro atoms. The molecule has 0 aromatic heterocycles. The molecule has 4 nitrogen and oxygen atoms in total. The molecule has 2 aliphatic rings. The van der Waals surface area contributed by atoms with Crippen molar-refractivity contribution in [1.29, 1.82) is 0 Å². The molecule has 2 unspecified atom stereocenters. The molecule has 2 saturated heterocycles. The van der Waals surface area contributed by atoms with Crippen molar-refractivity contribution in [2.45, 2.75) is 70.4 Å². The quantitative estimate of drug-likeness (QED) is 0.866. The number of amides is 1. The van der Waals surface area contributed by atoms with Crippen LogP contribution in [0.25, 0.3) is 0 Å². The van der Waals surface area contributed by atoms with Gasteiger partial charge in [0.15, 0.2) is 0 Å². The van der Waals surface area contributed by atoms with Crippen LogP contribution in [0.2, 0.25) is 0 Å². The standard InChI is InChI=1S/C16H31N3O.ClH/c1-3-9-16(2,17)15(20)19-12-6-7-14(8-13-19)18-10-4-5-11-18;/h14H,3-13,17H2,1-2H3;1H. The number of nitrogens with zero attached hydrogens (tertiary/aromatic N) is 2. The predicted octanol–water partition coefficient (Wildman–Crippen LogP) is 2.40. The fourth-order valence-electron chi connectivity index (χ4n) is 3.74. The van der Waals surface area contributed by atoms with Gasteiger partial charge < -0.3 is 15.5 Å². The molecule has 0 aromatic rings. The van der Waals surface area contributed by atoms with Crippen LogP contribution in [0.3, 0.4) is 0 Å². The minimum atomic E-state index is -0.678. The van der Waals surface area contributed by atoms with Crippen LogP contribution in [0.5, 0.6) is 0 Å². The second-order valence-corrected chi connectivity index (χ2v) is 6.79. The molecule has 0 bridgehead atoms. The van der Waals surface area contributed by atoms with Gasteiger partial charge in [-0.25, -0.2) is 0 Å². The molecule has 2 N–H and O–H groups in total. The van der Waals surface area contributed by atoms with Crippen LogP contribution >= 0.6 is 12.4 Å². The predicted molar refractivity (Wildman–Crippen MR) is 89.8 cm³/mol. The molecule has 2 atom stereocenters. The maximum atomic E-state index is 12.6. The van der Waals surface area contributed by atoms with E-state index in [2.05, 4.69) is 11.8 Å². The molecule has 0 saturated carbocycles. The van der Waals surface area contributed by atoms with Crippen molar-refractivity contribution >= 4 is 18.3 Å². The average Bonchev–Trinajstić information content (AvgIpc) is 2.83. The van der Waals surface area contributed by atoms with Crippen LogP contribution < -0.4 is 5.73 Å². The first-order valence-electron chi connectivity index (χ1n) is 8.37. The molecule has 5 heteroatoms. The van der Waals surface area contributed by atoms with E-state index < -0.39 is 5.54 Å². The van der Waals surface area contributed by atoms with E-state index in [0.29, 0.717) is 6.04 Å². The highest BCUT2D eigenvalue weighted by molar-refractivity contribution is 5.85. The fraction of sp³-hybridized carbons (Fsp3) is 0.938. The fourth-order valence-corrected chi connectivity index (χ4v) is 3.74. The van der Waals surface area contributed by atoms with E-state index in [-0.39, 0.29) is 18.3 Å². The smallest absolute Gasteiger partial charge is 0.242 e. The summed E-state index contributed by atoms with van der Waals surface area (Å²) >= 11 is 0. The molecule has 2 rings (SSSR count). The minimum Gasteiger partial charge on any atom is -0.341 e. The van der Waals surface area contributed by atoms with Gasteiger partial charge in [-0.2, -0.15) is 0 Å². The first-order chi connectivity index (χ1) is 9.54. The summed E-state index contributed by atoms with van der Waals surface area (Å²) in [6.45, 7) is 8.26. The van der Waals surface area contributed by atoms with Crippen molar-refractivity contribution in [2.75, 3.05) is 26.2 Å². The third-order valence-electron chi connectivity index (χ3n) is 4.90. The zero-order valence-corrected chi connectivity index (χ0v) is 14.5. The molecule has 124 valence electrons. The molecule has 21 heavy (non-hydrogen) atoms. The van der Waals surface area contributed by atoms with E-state index in [9.17, 15) is 4.79 Å². The Labute approximate surface area is 135 Å². The lowest BCUT2D eigenvalue weighted by atomic mass is 9.95. The largest absolute Gasteiger partial charge is 0.341 e. The lowest BCUT2D eigenvalue weighted by molar-refractivity contribution is -0.136. The van der Waals surface area contributed by atoms with Crippen molar-refractivity contribution in [3.8, 4) is 0 Å². The van der Waals surface area contributed by atoms with Gasteiger partial charge in [0.1, 0.15) is 0 Å². The monoisotopic (exact) mass is 317 g/mol. The van der Waals surface area contributed by atoms with Crippen molar-refractivity contribution < 1.29 is 4.79 Å². The molecule has 2 fully saturated rings. The van der Waals surface area contributed by atoms with Gasteiger partial charge >= 0.3 is 0 Å². The van der Waals surface area contributed by atoms with Gasteiger partial charge in [-0.1, -0.05) is 13.3 Å². The number of nitrogens with two attached hydrogens (primary N) is 1. The molecule has 0 radical (unpaired) electrons. The minimum absolute atomic E-state index is 0. The summed E-state index contributed by atoms with van der Waals surface area (Å²) in [5.41, 5.74) is 5.53. The van der Waals surface area contributed by atoms with Gasteiger partial charge in [-0.3, -0.25) is 4.79 Å². The van der Waals surface area contributed by atoms with Gasteiger partial charge in [0.2, 0.25) is 5.91 Å². The number of halogens is 1. The Balaban J connectivity index is 0.00000220. The Morgan fingerprint density at radius 3 is 2.43 bits per heavy atom. The van der Waals surface area contributed by atoms with Gasteiger partial charge in [-0.15, -0.1) is 12.4 Å². The number of hydrogen-bond acceptors (Lipinski definition) is 3. The van der Waals surface area contributed by atoms with E-state index in [1.54, 1.807) is 0 Å². The summed E-state index contributed by atoms with van der Waals surface area (Å²) in [6, 6.07) is 0.686. The zero-order valence-electron chi connectivity index (χ0n) is 13.6. The number of carbonyl (C=O) groups excluding carboxylic acids is 1. The van der Waals surface area contributed by atoms with Crippen LogP contribution in [0.1, 0.15) is 58.8 Å². The lowest BCUT2D eigenvalue weighted by Gasteiger charge is -2.31. The summed E-state index contributed by atoms with van der Waals surface area (Å²) in [7, 11) is 0. The van der Waals surface area contributed by atoms with Crippen LogP contribution in [-0.4, -0.2) is 53.5 Å². The van der Waals surface area contributed by atoms with Crippen molar-refractivity contribution in [1.82, 2.24) is 9.80 Å². The van der Waals surface area contributed by atoms with Gasteiger partial charge in [0.05, 0.1) is 5.54 Å². The first kappa shape index (κ1) is 18.7. The first-order valence-corrected chi connectivity index (χ1v) is 8.37. The second kappa shape index (κ2) is 8.35. The number of rotatable bonds is 4. The molecular weight excluding hydrogens is 286 g/mol.